The predicted octanol–water partition coefficient (Wildman–Crippen LogP) is 2.09. The van der Waals surface area contributed by atoms with Crippen LogP contribution in [0, 0.1) is 11.8 Å². The summed E-state index contributed by atoms with van der Waals surface area (Å²) in [5.74, 6) is 1.49. The van der Waals surface area contributed by atoms with Gasteiger partial charge in [-0.1, -0.05) is 20.3 Å². The van der Waals surface area contributed by atoms with Gasteiger partial charge in [0.2, 0.25) is 0 Å². The average molecular weight is 198 g/mol. The lowest BCUT2D eigenvalue weighted by molar-refractivity contribution is 0.156. The highest BCUT2D eigenvalue weighted by Crippen LogP contribution is 2.20. The maximum Gasteiger partial charge on any atom is 0.00900 e. The van der Waals surface area contributed by atoms with E-state index in [9.17, 15) is 0 Å². The van der Waals surface area contributed by atoms with Crippen molar-refractivity contribution in [1.29, 1.82) is 0 Å². The molecule has 0 amide bonds. The van der Waals surface area contributed by atoms with Crippen molar-refractivity contribution >= 4 is 0 Å². The van der Waals surface area contributed by atoms with E-state index in [1.807, 2.05) is 0 Å². The Morgan fingerprint density at radius 3 is 2.57 bits per heavy atom. The summed E-state index contributed by atoms with van der Waals surface area (Å²) in [6, 6.07) is 0.710. The number of hydrogen-bond acceptors (Lipinski definition) is 2. The summed E-state index contributed by atoms with van der Waals surface area (Å²) in [5.41, 5.74) is 5.78. The largest absolute Gasteiger partial charge is 0.330 e. The summed E-state index contributed by atoms with van der Waals surface area (Å²) < 4.78 is 0. The molecule has 14 heavy (non-hydrogen) atoms. The molecule has 0 radical (unpaired) electrons. The van der Waals surface area contributed by atoms with Crippen LogP contribution < -0.4 is 5.73 Å². The molecule has 0 aromatic heterocycles. The zero-order valence-electron chi connectivity index (χ0n) is 10.00. The first-order chi connectivity index (χ1) is 6.65. The minimum Gasteiger partial charge on any atom is -0.330 e. The van der Waals surface area contributed by atoms with Gasteiger partial charge in [0, 0.05) is 12.6 Å². The van der Waals surface area contributed by atoms with Crippen molar-refractivity contribution in [1.82, 2.24) is 4.90 Å². The average Bonchev–Trinajstić information content (AvgIpc) is 2.41. The van der Waals surface area contributed by atoms with Crippen LogP contribution in [-0.4, -0.2) is 30.6 Å². The summed E-state index contributed by atoms with van der Waals surface area (Å²) in [5, 5.41) is 0. The molecule has 1 saturated heterocycles. The molecule has 2 heteroatoms. The van der Waals surface area contributed by atoms with Gasteiger partial charge in [-0.25, -0.2) is 0 Å². The maximum absolute atomic E-state index is 5.78. The van der Waals surface area contributed by atoms with Gasteiger partial charge in [0.05, 0.1) is 0 Å². The molecule has 1 heterocycles. The SMILES string of the molecule is CC(C)C(C)N1CCCCC(CN)C1. The van der Waals surface area contributed by atoms with E-state index in [0.717, 1.165) is 18.4 Å². The highest BCUT2D eigenvalue weighted by Gasteiger charge is 2.22. The maximum atomic E-state index is 5.78. The minimum absolute atomic E-state index is 0.710. The zero-order valence-corrected chi connectivity index (χ0v) is 10.00. The highest BCUT2D eigenvalue weighted by molar-refractivity contribution is 4.77. The van der Waals surface area contributed by atoms with Crippen LogP contribution in [-0.2, 0) is 0 Å². The smallest absolute Gasteiger partial charge is 0.00900 e. The third-order valence-electron chi connectivity index (χ3n) is 3.67. The first-order valence-corrected chi connectivity index (χ1v) is 6.09. The first-order valence-electron chi connectivity index (χ1n) is 6.09. The molecule has 2 atom stereocenters. The molecule has 0 aliphatic carbocycles. The molecule has 2 nitrogen and oxygen atoms in total. The molecule has 1 rings (SSSR count). The molecule has 2 N–H and O–H groups in total. The summed E-state index contributed by atoms with van der Waals surface area (Å²) >= 11 is 0. The topological polar surface area (TPSA) is 29.3 Å². The van der Waals surface area contributed by atoms with Crippen LogP contribution in [0.1, 0.15) is 40.0 Å². The number of hydrogen-bond donors (Lipinski definition) is 1. The number of rotatable bonds is 3. The fourth-order valence-electron chi connectivity index (χ4n) is 2.25. The zero-order chi connectivity index (χ0) is 10.6. The Morgan fingerprint density at radius 2 is 2.00 bits per heavy atom. The van der Waals surface area contributed by atoms with Gasteiger partial charge < -0.3 is 10.6 Å². The Labute approximate surface area is 88.8 Å². The standard InChI is InChI=1S/C12H26N2/c1-10(2)11(3)14-7-5-4-6-12(8-13)9-14/h10-12H,4-9,13H2,1-3H3. The normalized spacial score (nSPS) is 27.6. The minimum atomic E-state index is 0.710. The van der Waals surface area contributed by atoms with Crippen molar-refractivity contribution in [3.63, 3.8) is 0 Å². The van der Waals surface area contributed by atoms with Crippen LogP contribution in [0.4, 0.5) is 0 Å². The monoisotopic (exact) mass is 198 g/mol. The molecular weight excluding hydrogens is 172 g/mol. The van der Waals surface area contributed by atoms with Crippen molar-refractivity contribution in [3.8, 4) is 0 Å². The van der Waals surface area contributed by atoms with Gasteiger partial charge in [-0.3, -0.25) is 0 Å². The van der Waals surface area contributed by atoms with E-state index in [0.29, 0.717) is 6.04 Å². The molecular formula is C12H26N2. The van der Waals surface area contributed by atoms with Crippen molar-refractivity contribution in [2.75, 3.05) is 19.6 Å². The number of nitrogens with zero attached hydrogens (tertiary/aromatic N) is 1. The van der Waals surface area contributed by atoms with Crippen LogP contribution in [0.15, 0.2) is 0 Å². The van der Waals surface area contributed by atoms with Gasteiger partial charge in [-0.05, 0) is 44.7 Å². The lowest BCUT2D eigenvalue weighted by Crippen LogP contribution is -2.40. The molecule has 1 aliphatic rings. The summed E-state index contributed by atoms with van der Waals surface area (Å²) in [7, 11) is 0. The Kier molecular flexibility index (Phi) is 4.90. The van der Waals surface area contributed by atoms with Gasteiger partial charge in [-0.15, -0.1) is 0 Å². The molecule has 0 saturated carbocycles. The predicted molar refractivity (Wildman–Crippen MR) is 62.3 cm³/mol. The van der Waals surface area contributed by atoms with Gasteiger partial charge in [0.15, 0.2) is 0 Å². The lowest BCUT2D eigenvalue weighted by Gasteiger charge is -2.32. The van der Waals surface area contributed by atoms with Gasteiger partial charge >= 0.3 is 0 Å². The summed E-state index contributed by atoms with van der Waals surface area (Å²) in [4.78, 5) is 2.63. The molecule has 2 unspecified atom stereocenters. The fourth-order valence-corrected chi connectivity index (χ4v) is 2.25. The lowest BCUT2D eigenvalue weighted by atomic mass is 10.0. The van der Waals surface area contributed by atoms with E-state index < -0.39 is 0 Å². The molecule has 0 aromatic rings. The van der Waals surface area contributed by atoms with Crippen LogP contribution in [0.5, 0.6) is 0 Å². The number of likely N-dealkylation sites (tertiary alicyclic amines) is 1. The van der Waals surface area contributed by atoms with Gasteiger partial charge in [0.1, 0.15) is 0 Å². The highest BCUT2D eigenvalue weighted by atomic mass is 15.2. The van der Waals surface area contributed by atoms with Crippen LogP contribution in [0.2, 0.25) is 0 Å². The third-order valence-corrected chi connectivity index (χ3v) is 3.67. The van der Waals surface area contributed by atoms with Gasteiger partial charge in [-0.2, -0.15) is 0 Å². The Bertz CT molecular complexity index is 156. The Hall–Kier alpha value is -0.0800. The van der Waals surface area contributed by atoms with Gasteiger partial charge in [0.25, 0.3) is 0 Å². The van der Waals surface area contributed by atoms with Crippen molar-refractivity contribution < 1.29 is 0 Å². The Balaban J connectivity index is 2.49. The Morgan fingerprint density at radius 1 is 1.29 bits per heavy atom. The number of nitrogens with two attached hydrogens (primary N) is 1. The second-order valence-corrected chi connectivity index (χ2v) is 5.08. The van der Waals surface area contributed by atoms with E-state index in [1.165, 1.54) is 32.4 Å². The summed E-state index contributed by atoms with van der Waals surface area (Å²) in [6.07, 6.45) is 4.05. The van der Waals surface area contributed by atoms with Crippen molar-refractivity contribution in [2.24, 2.45) is 17.6 Å². The van der Waals surface area contributed by atoms with E-state index >= 15 is 0 Å². The molecule has 0 aromatic carbocycles. The second kappa shape index (κ2) is 5.72. The molecule has 1 aliphatic heterocycles. The van der Waals surface area contributed by atoms with Crippen molar-refractivity contribution in [3.05, 3.63) is 0 Å². The second-order valence-electron chi connectivity index (χ2n) is 5.08. The van der Waals surface area contributed by atoms with E-state index in [-0.39, 0.29) is 0 Å². The molecule has 84 valence electrons. The molecule has 1 fully saturated rings. The van der Waals surface area contributed by atoms with Crippen LogP contribution in [0.25, 0.3) is 0 Å². The quantitative estimate of drug-likeness (QED) is 0.752. The third kappa shape index (κ3) is 3.25. The molecule has 0 bridgehead atoms. The van der Waals surface area contributed by atoms with Crippen LogP contribution >= 0.6 is 0 Å². The van der Waals surface area contributed by atoms with E-state index in [2.05, 4.69) is 25.7 Å². The molecule has 0 spiro atoms. The first kappa shape index (κ1) is 12.0. The van der Waals surface area contributed by atoms with E-state index in [1.54, 1.807) is 0 Å². The summed E-state index contributed by atoms with van der Waals surface area (Å²) in [6.45, 7) is 10.3. The fraction of sp³-hybridized carbons (Fsp3) is 1.00. The van der Waals surface area contributed by atoms with E-state index in [4.69, 9.17) is 5.73 Å². The van der Waals surface area contributed by atoms with Crippen LogP contribution in [0.3, 0.4) is 0 Å². The van der Waals surface area contributed by atoms with Crippen molar-refractivity contribution in [2.45, 2.75) is 46.1 Å².